The van der Waals surface area contributed by atoms with Crippen molar-refractivity contribution in [2.24, 2.45) is 0 Å². The predicted octanol–water partition coefficient (Wildman–Crippen LogP) is 5.17. The van der Waals surface area contributed by atoms with Crippen LogP contribution in [0.1, 0.15) is 11.1 Å². The second kappa shape index (κ2) is 6.71. The Morgan fingerprint density at radius 3 is 2.50 bits per heavy atom. The van der Waals surface area contributed by atoms with E-state index in [4.69, 9.17) is 27.9 Å². The molecule has 0 atom stereocenters. The topological polar surface area (TPSA) is 22.1 Å². The van der Waals surface area contributed by atoms with Crippen LogP contribution in [0.2, 0.25) is 10.2 Å². The van der Waals surface area contributed by atoms with Gasteiger partial charge in [-0.25, -0.2) is 9.37 Å². The lowest BCUT2D eigenvalue weighted by atomic mass is 10.1. The molecular formula is C14H9Cl2F4NO. The van der Waals surface area contributed by atoms with Crippen molar-refractivity contribution in [3.8, 4) is 5.75 Å². The quantitative estimate of drug-likeness (QED) is 0.558. The van der Waals surface area contributed by atoms with E-state index in [2.05, 4.69) is 4.98 Å². The fourth-order valence-electron chi connectivity index (χ4n) is 1.83. The summed E-state index contributed by atoms with van der Waals surface area (Å²) in [7, 11) is 0. The van der Waals surface area contributed by atoms with Gasteiger partial charge >= 0.3 is 6.18 Å². The molecule has 2 aromatic rings. The molecule has 1 heterocycles. The van der Waals surface area contributed by atoms with Crippen LogP contribution in [0.15, 0.2) is 30.5 Å². The third-order valence-electron chi connectivity index (χ3n) is 2.82. The minimum Gasteiger partial charge on any atom is -0.492 e. The molecule has 0 bridgehead atoms. The zero-order valence-electron chi connectivity index (χ0n) is 10.9. The van der Waals surface area contributed by atoms with Crippen LogP contribution >= 0.6 is 23.2 Å². The Hall–Kier alpha value is -1.53. The standard InChI is InChI=1S/C14H9Cl2F4NO/c15-9-2-1-3-10(17)8(9)5-7-22-11-4-6-21-13(16)12(11)14(18,19)20/h1-4,6H,5,7H2. The molecule has 1 aromatic heterocycles. The number of rotatable bonds is 4. The van der Waals surface area contributed by atoms with E-state index in [0.717, 1.165) is 12.3 Å². The summed E-state index contributed by atoms with van der Waals surface area (Å²) in [6, 6.07) is 5.19. The van der Waals surface area contributed by atoms with E-state index in [1.807, 2.05) is 0 Å². The predicted molar refractivity (Wildman–Crippen MR) is 74.9 cm³/mol. The largest absolute Gasteiger partial charge is 0.492 e. The zero-order valence-corrected chi connectivity index (χ0v) is 12.4. The Balaban J connectivity index is 2.15. The second-order valence-corrected chi connectivity index (χ2v) is 5.04. The van der Waals surface area contributed by atoms with Gasteiger partial charge in [0.2, 0.25) is 0 Å². The lowest BCUT2D eigenvalue weighted by Gasteiger charge is -2.15. The Bertz CT molecular complexity index is 656. The van der Waals surface area contributed by atoms with Gasteiger partial charge in [0.25, 0.3) is 0 Å². The van der Waals surface area contributed by atoms with Gasteiger partial charge in [0, 0.05) is 23.2 Å². The van der Waals surface area contributed by atoms with Crippen molar-refractivity contribution in [3.63, 3.8) is 0 Å². The van der Waals surface area contributed by atoms with Gasteiger partial charge in [0.05, 0.1) is 6.61 Å². The molecule has 0 aliphatic carbocycles. The fourth-order valence-corrected chi connectivity index (χ4v) is 2.35. The van der Waals surface area contributed by atoms with Crippen LogP contribution in [0.25, 0.3) is 0 Å². The van der Waals surface area contributed by atoms with Crippen molar-refractivity contribution in [2.45, 2.75) is 12.6 Å². The van der Waals surface area contributed by atoms with E-state index in [9.17, 15) is 17.6 Å². The summed E-state index contributed by atoms with van der Waals surface area (Å²) < 4.78 is 57.4. The van der Waals surface area contributed by atoms with Crippen LogP contribution in [0.4, 0.5) is 17.6 Å². The highest BCUT2D eigenvalue weighted by atomic mass is 35.5. The fraction of sp³-hybridized carbons (Fsp3) is 0.214. The van der Waals surface area contributed by atoms with E-state index < -0.39 is 28.5 Å². The maximum absolute atomic E-state index is 13.6. The first-order valence-corrected chi connectivity index (χ1v) is 6.83. The normalized spacial score (nSPS) is 11.5. The number of alkyl halides is 3. The Morgan fingerprint density at radius 2 is 1.86 bits per heavy atom. The molecule has 2 rings (SSSR count). The molecule has 0 unspecified atom stereocenters. The minimum atomic E-state index is -4.70. The van der Waals surface area contributed by atoms with Crippen LogP contribution in [-0.2, 0) is 12.6 Å². The third-order valence-corrected chi connectivity index (χ3v) is 3.46. The monoisotopic (exact) mass is 353 g/mol. The first kappa shape index (κ1) is 16.8. The molecule has 8 heteroatoms. The van der Waals surface area contributed by atoms with Crippen LogP contribution < -0.4 is 4.74 Å². The summed E-state index contributed by atoms with van der Waals surface area (Å²) >= 11 is 11.3. The summed E-state index contributed by atoms with van der Waals surface area (Å²) in [6.07, 6.45) is -3.58. The number of ether oxygens (including phenoxy) is 1. The SMILES string of the molecule is Fc1cccc(Cl)c1CCOc1ccnc(Cl)c1C(F)(F)F. The molecule has 118 valence electrons. The Labute approximate surface area is 133 Å². The number of benzene rings is 1. The van der Waals surface area contributed by atoms with E-state index in [1.54, 1.807) is 0 Å². The van der Waals surface area contributed by atoms with Gasteiger partial charge in [-0.15, -0.1) is 0 Å². The van der Waals surface area contributed by atoms with Crippen LogP contribution in [0.5, 0.6) is 5.75 Å². The molecule has 0 saturated carbocycles. The molecule has 0 radical (unpaired) electrons. The Morgan fingerprint density at radius 1 is 1.14 bits per heavy atom. The highest BCUT2D eigenvalue weighted by molar-refractivity contribution is 6.31. The zero-order chi connectivity index (χ0) is 16.3. The van der Waals surface area contributed by atoms with Gasteiger partial charge < -0.3 is 4.74 Å². The van der Waals surface area contributed by atoms with Crippen molar-refractivity contribution in [1.82, 2.24) is 4.98 Å². The number of hydrogen-bond acceptors (Lipinski definition) is 2. The number of aromatic nitrogens is 1. The van der Waals surface area contributed by atoms with Crippen molar-refractivity contribution >= 4 is 23.2 Å². The molecule has 0 saturated heterocycles. The number of nitrogens with zero attached hydrogens (tertiary/aromatic N) is 1. The molecule has 22 heavy (non-hydrogen) atoms. The third kappa shape index (κ3) is 3.81. The number of pyridine rings is 1. The van der Waals surface area contributed by atoms with E-state index in [-0.39, 0.29) is 23.6 Å². The lowest BCUT2D eigenvalue weighted by molar-refractivity contribution is -0.139. The summed E-state index contributed by atoms with van der Waals surface area (Å²) in [5.74, 6) is -1.00. The molecule has 0 aliphatic rings. The first-order valence-electron chi connectivity index (χ1n) is 6.08. The number of halogens is 6. The second-order valence-electron chi connectivity index (χ2n) is 4.27. The summed E-state index contributed by atoms with van der Waals surface area (Å²) in [5.41, 5.74) is -0.978. The van der Waals surface area contributed by atoms with Crippen LogP contribution in [0, 0.1) is 5.82 Å². The molecule has 0 spiro atoms. The van der Waals surface area contributed by atoms with Gasteiger partial charge in [-0.05, 0) is 18.2 Å². The van der Waals surface area contributed by atoms with Gasteiger partial charge in [-0.2, -0.15) is 13.2 Å². The highest BCUT2D eigenvalue weighted by Crippen LogP contribution is 2.39. The minimum absolute atomic E-state index is 0.0166. The average Bonchev–Trinajstić information content (AvgIpc) is 2.40. The maximum Gasteiger partial charge on any atom is 0.422 e. The van der Waals surface area contributed by atoms with Crippen molar-refractivity contribution in [1.29, 1.82) is 0 Å². The van der Waals surface area contributed by atoms with Crippen molar-refractivity contribution in [3.05, 3.63) is 57.6 Å². The molecule has 0 aliphatic heterocycles. The van der Waals surface area contributed by atoms with Crippen LogP contribution in [-0.4, -0.2) is 11.6 Å². The number of hydrogen-bond donors (Lipinski definition) is 0. The smallest absolute Gasteiger partial charge is 0.422 e. The summed E-state index contributed by atoms with van der Waals surface area (Å²) in [4.78, 5) is 3.39. The van der Waals surface area contributed by atoms with Gasteiger partial charge in [0.15, 0.2) is 0 Å². The van der Waals surface area contributed by atoms with E-state index >= 15 is 0 Å². The molecule has 2 nitrogen and oxygen atoms in total. The Kier molecular flexibility index (Phi) is 5.13. The summed E-state index contributed by atoms with van der Waals surface area (Å²) in [5, 5.41) is -0.513. The molecule has 1 aromatic carbocycles. The molecule has 0 amide bonds. The van der Waals surface area contributed by atoms with Gasteiger partial charge in [-0.1, -0.05) is 29.3 Å². The lowest BCUT2D eigenvalue weighted by Crippen LogP contribution is -2.12. The van der Waals surface area contributed by atoms with Crippen LogP contribution in [0.3, 0.4) is 0 Å². The highest BCUT2D eigenvalue weighted by Gasteiger charge is 2.37. The van der Waals surface area contributed by atoms with E-state index in [0.29, 0.717) is 0 Å². The molecule has 0 fully saturated rings. The molecular weight excluding hydrogens is 345 g/mol. The van der Waals surface area contributed by atoms with E-state index in [1.165, 1.54) is 18.2 Å². The van der Waals surface area contributed by atoms with Gasteiger partial charge in [-0.3, -0.25) is 0 Å². The first-order chi connectivity index (χ1) is 10.3. The average molecular weight is 354 g/mol. The van der Waals surface area contributed by atoms with Crippen molar-refractivity contribution in [2.75, 3.05) is 6.61 Å². The molecule has 0 N–H and O–H groups in total. The van der Waals surface area contributed by atoms with Crippen molar-refractivity contribution < 1.29 is 22.3 Å². The van der Waals surface area contributed by atoms with Gasteiger partial charge in [0.1, 0.15) is 22.3 Å². The summed E-state index contributed by atoms with van der Waals surface area (Å²) in [6.45, 7) is -0.190. The maximum atomic E-state index is 13.6.